The van der Waals surface area contributed by atoms with Crippen molar-refractivity contribution in [1.29, 1.82) is 0 Å². The Bertz CT molecular complexity index is 406. The summed E-state index contributed by atoms with van der Waals surface area (Å²) < 4.78 is 0.824. The Morgan fingerprint density at radius 2 is 2.12 bits per heavy atom. The van der Waals surface area contributed by atoms with Crippen molar-refractivity contribution in [3.8, 4) is 0 Å². The number of rotatable bonds is 5. The van der Waals surface area contributed by atoms with Crippen molar-refractivity contribution in [2.45, 2.75) is 12.8 Å². The molecule has 0 aromatic carbocycles. The molecule has 4 nitrogen and oxygen atoms in total. The van der Waals surface area contributed by atoms with Crippen LogP contribution in [0, 0.1) is 0 Å². The number of carbonyl (C=O) groups excluding carboxylic acids is 2. The minimum atomic E-state index is -0.383. The van der Waals surface area contributed by atoms with Crippen molar-refractivity contribution in [2.24, 2.45) is 5.73 Å². The number of hydrogen-bond donors (Lipinski definition) is 2. The van der Waals surface area contributed by atoms with Crippen LogP contribution >= 0.6 is 34.5 Å². The van der Waals surface area contributed by atoms with Crippen LogP contribution in [0.3, 0.4) is 0 Å². The first-order valence-corrected chi connectivity index (χ1v) is 6.09. The van der Waals surface area contributed by atoms with E-state index in [1.165, 1.54) is 6.07 Å². The molecule has 7 heteroatoms. The number of nitrogens with two attached hydrogens (primary N) is 1. The van der Waals surface area contributed by atoms with Gasteiger partial charge < -0.3 is 11.1 Å². The van der Waals surface area contributed by atoms with Gasteiger partial charge in [-0.15, -0.1) is 11.3 Å². The third-order valence-corrected chi connectivity index (χ3v) is 3.27. The van der Waals surface area contributed by atoms with Gasteiger partial charge in [-0.25, -0.2) is 0 Å². The molecule has 0 saturated heterocycles. The molecule has 1 rings (SSSR count). The highest BCUT2D eigenvalue weighted by Gasteiger charge is 2.13. The molecule has 3 N–H and O–H groups in total. The number of amides is 2. The van der Waals surface area contributed by atoms with Gasteiger partial charge in [0, 0.05) is 13.0 Å². The molecule has 1 heterocycles. The first-order chi connectivity index (χ1) is 7.50. The maximum absolute atomic E-state index is 11.6. The summed E-state index contributed by atoms with van der Waals surface area (Å²) in [5.41, 5.74) is 5.32. The smallest absolute Gasteiger partial charge is 0.253 e. The molecular formula is C9H10Cl2N2O2S. The van der Waals surface area contributed by atoms with Gasteiger partial charge in [0.05, 0.1) is 9.90 Å². The van der Waals surface area contributed by atoms with Crippen molar-refractivity contribution in [3.05, 3.63) is 20.3 Å². The van der Waals surface area contributed by atoms with Crippen molar-refractivity contribution in [3.63, 3.8) is 0 Å². The van der Waals surface area contributed by atoms with Gasteiger partial charge in [-0.2, -0.15) is 0 Å². The van der Waals surface area contributed by atoms with Crippen LogP contribution in [-0.2, 0) is 4.79 Å². The van der Waals surface area contributed by atoms with Crippen LogP contribution in [0.4, 0.5) is 0 Å². The van der Waals surface area contributed by atoms with E-state index in [-0.39, 0.29) is 18.2 Å². The van der Waals surface area contributed by atoms with Gasteiger partial charge in [0.15, 0.2) is 0 Å². The molecule has 0 saturated carbocycles. The Balaban J connectivity index is 2.41. The van der Waals surface area contributed by atoms with Crippen LogP contribution in [0.5, 0.6) is 0 Å². The second-order valence-corrected chi connectivity index (χ2v) is 5.35. The summed E-state index contributed by atoms with van der Waals surface area (Å²) in [5, 5.41) is 2.63. The molecule has 0 aliphatic carbocycles. The highest BCUT2D eigenvalue weighted by molar-refractivity contribution is 7.20. The van der Waals surface area contributed by atoms with E-state index in [9.17, 15) is 9.59 Å². The van der Waals surface area contributed by atoms with E-state index in [1.807, 2.05) is 0 Å². The topological polar surface area (TPSA) is 72.2 Å². The Kier molecular flexibility index (Phi) is 5.05. The number of primary amides is 1. The quantitative estimate of drug-likeness (QED) is 0.811. The van der Waals surface area contributed by atoms with Crippen LogP contribution in [0.25, 0.3) is 0 Å². The summed E-state index contributed by atoms with van der Waals surface area (Å²) >= 11 is 12.6. The highest BCUT2D eigenvalue weighted by atomic mass is 35.5. The molecule has 0 radical (unpaired) electrons. The molecule has 2 amide bonds. The largest absolute Gasteiger partial charge is 0.370 e. The van der Waals surface area contributed by atoms with E-state index >= 15 is 0 Å². The number of thiophene rings is 1. The van der Waals surface area contributed by atoms with E-state index in [0.29, 0.717) is 27.2 Å². The molecule has 0 spiro atoms. The standard InChI is InChI=1S/C9H10Cl2N2O2S/c10-6-4-5(8(11)16-6)9(15)13-3-1-2-7(12)14/h4H,1-3H2,(H2,12,14)(H,13,15). The Hall–Kier alpha value is -0.780. The predicted molar refractivity (Wildman–Crippen MR) is 65.1 cm³/mol. The molecule has 1 aromatic rings. The number of hydrogen-bond acceptors (Lipinski definition) is 3. The van der Waals surface area contributed by atoms with Gasteiger partial charge in [-0.05, 0) is 12.5 Å². The number of halogens is 2. The summed E-state index contributed by atoms with van der Waals surface area (Å²) in [6.45, 7) is 0.381. The molecule has 0 unspecified atom stereocenters. The summed E-state index contributed by atoms with van der Waals surface area (Å²) in [6.07, 6.45) is 0.759. The van der Waals surface area contributed by atoms with Crippen molar-refractivity contribution >= 4 is 46.4 Å². The molecule has 16 heavy (non-hydrogen) atoms. The van der Waals surface area contributed by atoms with Crippen molar-refractivity contribution in [2.75, 3.05) is 6.54 Å². The molecular weight excluding hydrogens is 271 g/mol. The fraction of sp³-hybridized carbons (Fsp3) is 0.333. The van der Waals surface area contributed by atoms with Gasteiger partial charge in [0.2, 0.25) is 5.91 Å². The molecule has 0 atom stereocenters. The van der Waals surface area contributed by atoms with Gasteiger partial charge >= 0.3 is 0 Å². The number of carbonyl (C=O) groups is 2. The molecule has 0 aliphatic rings. The molecule has 1 aromatic heterocycles. The van der Waals surface area contributed by atoms with Crippen LogP contribution in [0.2, 0.25) is 8.67 Å². The molecule has 0 aliphatic heterocycles. The highest BCUT2D eigenvalue weighted by Crippen LogP contribution is 2.30. The molecule has 0 fully saturated rings. The zero-order chi connectivity index (χ0) is 12.1. The molecule has 88 valence electrons. The third-order valence-electron chi connectivity index (χ3n) is 1.79. The van der Waals surface area contributed by atoms with Crippen LogP contribution in [-0.4, -0.2) is 18.4 Å². The number of nitrogens with one attached hydrogen (secondary N) is 1. The van der Waals surface area contributed by atoms with Gasteiger partial charge in [0.25, 0.3) is 5.91 Å². The van der Waals surface area contributed by atoms with E-state index < -0.39 is 0 Å². The van der Waals surface area contributed by atoms with Crippen molar-refractivity contribution < 1.29 is 9.59 Å². The van der Waals surface area contributed by atoms with Crippen LogP contribution in [0.15, 0.2) is 6.07 Å². The third kappa shape index (κ3) is 4.00. The summed E-state index contributed by atoms with van der Waals surface area (Å²) in [6, 6.07) is 1.51. The lowest BCUT2D eigenvalue weighted by atomic mass is 10.3. The van der Waals surface area contributed by atoms with E-state index in [4.69, 9.17) is 28.9 Å². The Morgan fingerprint density at radius 1 is 1.44 bits per heavy atom. The fourth-order valence-electron chi connectivity index (χ4n) is 1.05. The molecule has 0 bridgehead atoms. The normalized spacial score (nSPS) is 10.1. The SMILES string of the molecule is NC(=O)CCCNC(=O)c1cc(Cl)sc1Cl. The lowest BCUT2D eigenvalue weighted by Gasteiger charge is -2.02. The minimum absolute atomic E-state index is 0.248. The van der Waals surface area contributed by atoms with Crippen molar-refractivity contribution in [1.82, 2.24) is 5.32 Å². The van der Waals surface area contributed by atoms with E-state index in [0.717, 1.165) is 11.3 Å². The van der Waals surface area contributed by atoms with Crippen LogP contribution in [0.1, 0.15) is 23.2 Å². The second-order valence-electron chi connectivity index (χ2n) is 3.06. The monoisotopic (exact) mass is 280 g/mol. The Labute approximate surface area is 107 Å². The second kappa shape index (κ2) is 6.08. The lowest BCUT2D eigenvalue weighted by molar-refractivity contribution is -0.118. The average Bonchev–Trinajstić information content (AvgIpc) is 2.52. The Morgan fingerprint density at radius 3 is 2.62 bits per heavy atom. The zero-order valence-corrected chi connectivity index (χ0v) is 10.6. The summed E-state index contributed by atoms with van der Waals surface area (Å²) in [4.78, 5) is 22.0. The lowest BCUT2D eigenvalue weighted by Crippen LogP contribution is -2.25. The zero-order valence-electron chi connectivity index (χ0n) is 8.26. The maximum Gasteiger partial charge on any atom is 0.253 e. The first-order valence-electron chi connectivity index (χ1n) is 4.52. The summed E-state index contributed by atoms with van der Waals surface area (Å²) in [7, 11) is 0. The predicted octanol–water partition coefficient (Wildman–Crippen LogP) is 2.05. The van der Waals surface area contributed by atoms with E-state index in [2.05, 4.69) is 5.32 Å². The van der Waals surface area contributed by atoms with Gasteiger partial charge in [-0.1, -0.05) is 23.2 Å². The van der Waals surface area contributed by atoms with Gasteiger partial charge in [-0.3, -0.25) is 9.59 Å². The van der Waals surface area contributed by atoms with Crippen LogP contribution < -0.4 is 11.1 Å². The summed E-state index contributed by atoms with van der Waals surface area (Å²) in [5.74, 6) is -0.677. The maximum atomic E-state index is 11.6. The van der Waals surface area contributed by atoms with Gasteiger partial charge in [0.1, 0.15) is 4.34 Å². The average molecular weight is 281 g/mol. The minimum Gasteiger partial charge on any atom is -0.370 e. The first kappa shape index (κ1) is 13.3. The van der Waals surface area contributed by atoms with E-state index in [1.54, 1.807) is 0 Å². The fourth-order valence-corrected chi connectivity index (χ4v) is 2.51.